The fourth-order valence-corrected chi connectivity index (χ4v) is 2.92. The predicted molar refractivity (Wildman–Crippen MR) is 74.2 cm³/mol. The van der Waals surface area contributed by atoms with Crippen LogP contribution in [0.25, 0.3) is 0 Å². The summed E-state index contributed by atoms with van der Waals surface area (Å²) in [5, 5.41) is 4.39. The van der Waals surface area contributed by atoms with E-state index in [9.17, 15) is 0 Å². The number of benzene rings is 1. The third kappa shape index (κ3) is 2.54. The fraction of sp³-hybridized carbons (Fsp3) is 0.538. The van der Waals surface area contributed by atoms with Gasteiger partial charge in [-0.3, -0.25) is 0 Å². The largest absolute Gasteiger partial charge is 0.381 e. The van der Waals surface area contributed by atoms with Crippen molar-refractivity contribution in [2.45, 2.75) is 39.2 Å². The molecule has 16 heavy (non-hydrogen) atoms. The molecule has 1 N–H and O–H groups in total. The third-order valence-electron chi connectivity index (χ3n) is 3.52. The Morgan fingerprint density at radius 2 is 2.19 bits per heavy atom. The zero-order chi connectivity index (χ0) is 11.8. The lowest BCUT2D eigenvalue weighted by molar-refractivity contribution is 0.350. The first-order valence-corrected chi connectivity index (χ1v) is 6.88. The van der Waals surface area contributed by atoms with Crippen LogP contribution in [0.4, 0.5) is 5.69 Å². The van der Waals surface area contributed by atoms with Gasteiger partial charge in [0, 0.05) is 15.5 Å². The molecule has 1 aromatic carbocycles. The molecule has 1 atom stereocenters. The molecule has 0 amide bonds. The number of hydrogen-bond acceptors (Lipinski definition) is 1. The lowest BCUT2D eigenvalue weighted by Crippen LogP contribution is -2.30. The Labute approximate surface area is 111 Å². The summed E-state index contributed by atoms with van der Waals surface area (Å²) in [4.78, 5) is 0. The molecule has 1 nitrogen and oxygen atoms in total. The van der Waals surface area contributed by atoms with Crippen molar-refractivity contribution in [3.8, 4) is 0 Å². The summed E-state index contributed by atoms with van der Waals surface area (Å²) in [7, 11) is 0. The first kappa shape index (κ1) is 12.3. The maximum absolute atomic E-state index is 6.01. The molecular formula is C13H17BrClN. The lowest BCUT2D eigenvalue weighted by Gasteiger charge is -2.29. The molecule has 88 valence electrons. The van der Waals surface area contributed by atoms with Gasteiger partial charge in [0.1, 0.15) is 0 Å². The maximum Gasteiger partial charge on any atom is 0.0501 e. The number of hydrogen-bond donors (Lipinski definition) is 1. The molecule has 3 heteroatoms. The lowest BCUT2D eigenvalue weighted by atomic mass is 9.87. The first-order chi connectivity index (χ1) is 7.49. The van der Waals surface area contributed by atoms with Crippen LogP contribution >= 0.6 is 27.5 Å². The highest BCUT2D eigenvalue weighted by atomic mass is 79.9. The van der Waals surface area contributed by atoms with Gasteiger partial charge in [0.2, 0.25) is 0 Å². The monoisotopic (exact) mass is 301 g/mol. The molecule has 1 fully saturated rings. The van der Waals surface area contributed by atoms with Crippen molar-refractivity contribution >= 4 is 33.2 Å². The molecule has 1 aliphatic rings. The van der Waals surface area contributed by atoms with E-state index in [1.165, 1.54) is 19.3 Å². The second kappa shape index (κ2) is 4.58. The van der Waals surface area contributed by atoms with Gasteiger partial charge in [-0.15, -0.1) is 0 Å². The van der Waals surface area contributed by atoms with Gasteiger partial charge in [-0.1, -0.05) is 31.9 Å². The first-order valence-electron chi connectivity index (χ1n) is 5.71. The number of nitrogens with one attached hydrogen (secondary N) is 1. The van der Waals surface area contributed by atoms with Gasteiger partial charge in [-0.25, -0.2) is 0 Å². The van der Waals surface area contributed by atoms with E-state index in [0.29, 0.717) is 11.5 Å². The van der Waals surface area contributed by atoms with Gasteiger partial charge in [-0.2, -0.15) is 0 Å². The van der Waals surface area contributed by atoms with Crippen molar-refractivity contribution in [3.63, 3.8) is 0 Å². The van der Waals surface area contributed by atoms with Crippen LogP contribution in [0.5, 0.6) is 0 Å². The van der Waals surface area contributed by atoms with Crippen LogP contribution in [-0.2, 0) is 0 Å². The molecule has 1 aromatic rings. The second-order valence-corrected chi connectivity index (χ2v) is 6.49. The van der Waals surface area contributed by atoms with Gasteiger partial charge in [0.25, 0.3) is 0 Å². The van der Waals surface area contributed by atoms with Crippen molar-refractivity contribution in [3.05, 3.63) is 27.7 Å². The Hall–Kier alpha value is -0.210. The molecule has 1 saturated carbocycles. The van der Waals surface area contributed by atoms with Crippen LogP contribution in [0.3, 0.4) is 0 Å². The molecule has 1 unspecified atom stereocenters. The van der Waals surface area contributed by atoms with E-state index in [2.05, 4.69) is 35.1 Å². The van der Waals surface area contributed by atoms with Crippen LogP contribution in [0.1, 0.15) is 33.1 Å². The van der Waals surface area contributed by atoms with Crippen LogP contribution in [0.2, 0.25) is 5.02 Å². The maximum atomic E-state index is 6.01. The molecule has 0 bridgehead atoms. The van der Waals surface area contributed by atoms with Crippen molar-refractivity contribution in [2.75, 3.05) is 5.32 Å². The predicted octanol–water partition coefficient (Wildman–Crippen LogP) is 5.09. The van der Waals surface area contributed by atoms with Crippen LogP contribution in [0, 0.1) is 5.41 Å². The summed E-state index contributed by atoms with van der Waals surface area (Å²) < 4.78 is 1.08. The molecular weight excluding hydrogens is 286 g/mol. The van der Waals surface area contributed by atoms with E-state index >= 15 is 0 Å². The van der Waals surface area contributed by atoms with Gasteiger partial charge in [-0.05, 0) is 52.4 Å². The van der Waals surface area contributed by atoms with Gasteiger partial charge >= 0.3 is 0 Å². The Kier molecular flexibility index (Phi) is 3.50. The Balaban J connectivity index is 2.17. The summed E-state index contributed by atoms with van der Waals surface area (Å²) in [6, 6.07) is 6.42. The Morgan fingerprint density at radius 3 is 2.81 bits per heavy atom. The summed E-state index contributed by atoms with van der Waals surface area (Å²) in [5.74, 6) is 0. The number of rotatable bonds is 2. The molecule has 0 saturated heterocycles. The van der Waals surface area contributed by atoms with Crippen molar-refractivity contribution in [1.29, 1.82) is 0 Å². The Morgan fingerprint density at radius 1 is 1.44 bits per heavy atom. The molecule has 1 aliphatic carbocycles. The zero-order valence-electron chi connectivity index (χ0n) is 9.69. The van der Waals surface area contributed by atoms with Crippen molar-refractivity contribution < 1.29 is 0 Å². The topological polar surface area (TPSA) is 12.0 Å². The summed E-state index contributed by atoms with van der Waals surface area (Å²) in [6.45, 7) is 4.66. The molecule has 0 aliphatic heterocycles. The van der Waals surface area contributed by atoms with Crippen molar-refractivity contribution in [1.82, 2.24) is 0 Å². The summed E-state index contributed by atoms with van der Waals surface area (Å²) >= 11 is 9.57. The van der Waals surface area contributed by atoms with Gasteiger partial charge in [0.15, 0.2) is 0 Å². The second-order valence-electron chi connectivity index (χ2n) is 5.20. The standard InChI is InChI=1S/C13H17BrClN/c1-13(2)7-3-4-12(13)16-11-8-9(15)5-6-10(11)14/h5-6,8,12,16H,3-4,7H2,1-2H3. The molecule has 0 spiro atoms. The minimum atomic E-state index is 0.377. The third-order valence-corrected chi connectivity index (χ3v) is 4.44. The average Bonchev–Trinajstić information content (AvgIpc) is 2.52. The highest BCUT2D eigenvalue weighted by Gasteiger charge is 2.34. The number of anilines is 1. The summed E-state index contributed by atoms with van der Waals surface area (Å²) in [6.07, 6.45) is 3.84. The van der Waals surface area contributed by atoms with Crippen LogP contribution in [-0.4, -0.2) is 6.04 Å². The van der Waals surface area contributed by atoms with E-state index in [-0.39, 0.29) is 0 Å². The van der Waals surface area contributed by atoms with E-state index in [0.717, 1.165) is 15.2 Å². The average molecular weight is 303 g/mol. The van der Waals surface area contributed by atoms with E-state index in [1.807, 2.05) is 18.2 Å². The Bertz CT molecular complexity index is 390. The van der Waals surface area contributed by atoms with Crippen LogP contribution in [0.15, 0.2) is 22.7 Å². The van der Waals surface area contributed by atoms with Gasteiger partial charge in [0.05, 0.1) is 5.69 Å². The fourth-order valence-electron chi connectivity index (χ4n) is 2.39. The molecule has 2 rings (SSSR count). The highest BCUT2D eigenvalue weighted by molar-refractivity contribution is 9.10. The SMILES string of the molecule is CC1(C)CCCC1Nc1cc(Cl)ccc1Br. The quantitative estimate of drug-likeness (QED) is 0.802. The minimum absolute atomic E-state index is 0.377. The molecule has 0 aromatic heterocycles. The zero-order valence-corrected chi connectivity index (χ0v) is 12.0. The van der Waals surface area contributed by atoms with Gasteiger partial charge < -0.3 is 5.32 Å². The highest BCUT2D eigenvalue weighted by Crippen LogP contribution is 2.40. The minimum Gasteiger partial charge on any atom is -0.381 e. The van der Waals surface area contributed by atoms with E-state index in [4.69, 9.17) is 11.6 Å². The molecule has 0 heterocycles. The smallest absolute Gasteiger partial charge is 0.0501 e. The summed E-state index contributed by atoms with van der Waals surface area (Å²) in [5.41, 5.74) is 1.48. The molecule has 0 radical (unpaired) electrons. The van der Waals surface area contributed by atoms with E-state index in [1.54, 1.807) is 0 Å². The van der Waals surface area contributed by atoms with Crippen molar-refractivity contribution in [2.24, 2.45) is 5.41 Å². The van der Waals surface area contributed by atoms with E-state index < -0.39 is 0 Å². The van der Waals surface area contributed by atoms with Crippen LogP contribution < -0.4 is 5.32 Å². The normalized spacial score (nSPS) is 23.4. The number of halogens is 2.